The van der Waals surface area contributed by atoms with E-state index < -0.39 is 0 Å². The molecular formula is C20H24FN3O. The molecule has 1 N–H and O–H groups in total. The lowest BCUT2D eigenvalue weighted by molar-refractivity contribution is -0.122. The van der Waals surface area contributed by atoms with Gasteiger partial charge in [0, 0.05) is 12.0 Å². The minimum absolute atomic E-state index is 0.0210. The van der Waals surface area contributed by atoms with E-state index in [9.17, 15) is 9.18 Å². The van der Waals surface area contributed by atoms with Crippen LogP contribution in [-0.4, -0.2) is 15.7 Å². The third kappa shape index (κ3) is 3.46. The van der Waals surface area contributed by atoms with Crippen molar-refractivity contribution in [2.75, 3.05) is 0 Å². The van der Waals surface area contributed by atoms with E-state index in [1.54, 1.807) is 6.07 Å². The molecule has 132 valence electrons. The Balaban J connectivity index is 1.65. The maximum Gasteiger partial charge on any atom is 0.220 e. The minimum atomic E-state index is -0.272. The predicted octanol–water partition coefficient (Wildman–Crippen LogP) is 3.94. The SMILES string of the molecule is CC1(C)Cc2c(cnn2-c2cccc(F)c2)[C@H](NC(=O)CC2CC2)C1. The number of hydrogen-bond donors (Lipinski definition) is 1. The number of nitrogens with one attached hydrogen (secondary N) is 1. The normalized spacial score (nSPS) is 21.6. The molecule has 5 heteroatoms. The van der Waals surface area contributed by atoms with Crippen LogP contribution in [0.15, 0.2) is 30.5 Å². The molecule has 1 aromatic carbocycles. The summed E-state index contributed by atoms with van der Waals surface area (Å²) in [5, 5.41) is 7.72. The summed E-state index contributed by atoms with van der Waals surface area (Å²) in [5.41, 5.74) is 2.91. The molecule has 4 rings (SSSR count). The Kier molecular flexibility index (Phi) is 3.89. The Bertz CT molecular complexity index is 807. The lowest BCUT2D eigenvalue weighted by Gasteiger charge is -2.36. The summed E-state index contributed by atoms with van der Waals surface area (Å²) in [4.78, 5) is 12.3. The topological polar surface area (TPSA) is 46.9 Å². The summed E-state index contributed by atoms with van der Waals surface area (Å²) >= 11 is 0. The number of hydrogen-bond acceptors (Lipinski definition) is 2. The van der Waals surface area contributed by atoms with Gasteiger partial charge in [0.05, 0.1) is 23.6 Å². The third-order valence-corrected chi connectivity index (χ3v) is 5.24. The first-order chi connectivity index (χ1) is 11.9. The van der Waals surface area contributed by atoms with Crippen LogP contribution in [0.4, 0.5) is 4.39 Å². The van der Waals surface area contributed by atoms with Crippen LogP contribution in [0.2, 0.25) is 0 Å². The van der Waals surface area contributed by atoms with Crippen molar-refractivity contribution in [3.63, 3.8) is 0 Å². The highest BCUT2D eigenvalue weighted by Crippen LogP contribution is 2.41. The fraction of sp³-hybridized carbons (Fsp3) is 0.500. The first kappa shape index (κ1) is 16.3. The van der Waals surface area contributed by atoms with E-state index in [1.165, 1.54) is 25.0 Å². The number of halogens is 1. The number of nitrogens with zero attached hydrogens (tertiary/aromatic N) is 2. The van der Waals surface area contributed by atoms with Crippen molar-refractivity contribution < 1.29 is 9.18 Å². The molecule has 2 aromatic rings. The van der Waals surface area contributed by atoms with Crippen LogP contribution in [0.1, 0.15) is 56.8 Å². The van der Waals surface area contributed by atoms with Gasteiger partial charge in [-0.15, -0.1) is 0 Å². The quantitative estimate of drug-likeness (QED) is 0.915. The molecule has 1 amide bonds. The Morgan fingerprint density at radius 2 is 2.20 bits per heavy atom. The first-order valence-corrected chi connectivity index (χ1v) is 9.03. The average Bonchev–Trinajstić information content (AvgIpc) is 3.23. The standard InChI is InChI=1S/C20H24FN3O/c1-20(2)10-17(23-19(25)8-13-6-7-13)16-12-22-24(18(16)11-20)15-5-3-4-14(21)9-15/h3-5,9,12-13,17H,6-8,10-11H2,1-2H3,(H,23,25)/t17-/m1/s1. The highest BCUT2D eigenvalue weighted by atomic mass is 19.1. The second-order valence-electron chi connectivity index (χ2n) is 8.25. The first-order valence-electron chi connectivity index (χ1n) is 9.03. The molecule has 2 aliphatic carbocycles. The number of benzene rings is 1. The van der Waals surface area contributed by atoms with Crippen LogP contribution in [-0.2, 0) is 11.2 Å². The third-order valence-electron chi connectivity index (χ3n) is 5.24. The Morgan fingerprint density at radius 3 is 2.92 bits per heavy atom. The van der Waals surface area contributed by atoms with Gasteiger partial charge in [-0.2, -0.15) is 5.10 Å². The van der Waals surface area contributed by atoms with Crippen molar-refractivity contribution in [3.8, 4) is 5.69 Å². The molecule has 0 unspecified atom stereocenters. The van der Waals surface area contributed by atoms with E-state index in [2.05, 4.69) is 24.3 Å². The van der Waals surface area contributed by atoms with E-state index in [0.29, 0.717) is 12.3 Å². The van der Waals surface area contributed by atoms with E-state index in [0.717, 1.165) is 29.8 Å². The number of fused-ring (bicyclic) bond motifs is 1. The maximum absolute atomic E-state index is 13.6. The van der Waals surface area contributed by atoms with E-state index in [-0.39, 0.29) is 23.2 Å². The highest BCUT2D eigenvalue weighted by molar-refractivity contribution is 5.77. The second-order valence-corrected chi connectivity index (χ2v) is 8.25. The van der Waals surface area contributed by atoms with E-state index in [4.69, 9.17) is 0 Å². The molecule has 1 atom stereocenters. The number of aromatic nitrogens is 2. The van der Waals surface area contributed by atoms with Crippen molar-refractivity contribution in [1.29, 1.82) is 0 Å². The van der Waals surface area contributed by atoms with E-state index in [1.807, 2.05) is 16.9 Å². The minimum Gasteiger partial charge on any atom is -0.349 e. The molecule has 1 heterocycles. The van der Waals surface area contributed by atoms with Crippen molar-refractivity contribution in [3.05, 3.63) is 47.5 Å². The van der Waals surface area contributed by atoms with Crippen LogP contribution < -0.4 is 5.32 Å². The number of rotatable bonds is 4. The molecular weight excluding hydrogens is 317 g/mol. The van der Waals surface area contributed by atoms with Gasteiger partial charge in [0.25, 0.3) is 0 Å². The zero-order chi connectivity index (χ0) is 17.6. The summed E-state index contributed by atoms with van der Waals surface area (Å²) in [5.74, 6) is 0.437. The summed E-state index contributed by atoms with van der Waals surface area (Å²) < 4.78 is 15.4. The van der Waals surface area contributed by atoms with Crippen molar-refractivity contribution in [1.82, 2.24) is 15.1 Å². The molecule has 4 nitrogen and oxygen atoms in total. The average molecular weight is 341 g/mol. The highest BCUT2D eigenvalue weighted by Gasteiger charge is 2.36. The molecule has 0 radical (unpaired) electrons. The number of carbonyl (C=O) groups excluding carboxylic acids is 1. The molecule has 0 aliphatic heterocycles. The van der Waals surface area contributed by atoms with Crippen molar-refractivity contribution in [2.45, 2.75) is 52.0 Å². The number of amides is 1. The molecule has 0 bridgehead atoms. The smallest absolute Gasteiger partial charge is 0.220 e. The van der Waals surface area contributed by atoms with Gasteiger partial charge in [-0.1, -0.05) is 19.9 Å². The molecule has 0 spiro atoms. The largest absolute Gasteiger partial charge is 0.349 e. The Labute approximate surface area is 147 Å². The fourth-order valence-corrected chi connectivity index (χ4v) is 3.84. The zero-order valence-electron chi connectivity index (χ0n) is 14.8. The van der Waals surface area contributed by atoms with Gasteiger partial charge in [-0.3, -0.25) is 4.79 Å². The predicted molar refractivity (Wildman–Crippen MR) is 93.8 cm³/mol. The summed E-state index contributed by atoms with van der Waals surface area (Å²) in [6.45, 7) is 4.41. The van der Waals surface area contributed by atoms with Gasteiger partial charge in [0.1, 0.15) is 5.82 Å². The van der Waals surface area contributed by atoms with Gasteiger partial charge >= 0.3 is 0 Å². The molecule has 0 saturated heterocycles. The number of carbonyl (C=O) groups is 1. The molecule has 25 heavy (non-hydrogen) atoms. The Morgan fingerprint density at radius 1 is 1.40 bits per heavy atom. The van der Waals surface area contributed by atoms with Crippen LogP contribution in [0.3, 0.4) is 0 Å². The lowest BCUT2D eigenvalue weighted by Crippen LogP contribution is -2.36. The van der Waals surface area contributed by atoms with Gasteiger partial charge in [-0.05, 0) is 55.2 Å². The maximum atomic E-state index is 13.6. The van der Waals surface area contributed by atoms with Crippen LogP contribution >= 0.6 is 0 Å². The molecule has 2 aliphatic rings. The van der Waals surface area contributed by atoms with Crippen LogP contribution in [0.25, 0.3) is 5.69 Å². The molecule has 1 aromatic heterocycles. The second kappa shape index (κ2) is 5.97. The molecule has 1 fully saturated rings. The van der Waals surface area contributed by atoms with Gasteiger partial charge in [0.15, 0.2) is 0 Å². The van der Waals surface area contributed by atoms with Gasteiger partial charge < -0.3 is 5.32 Å². The lowest BCUT2D eigenvalue weighted by atomic mass is 9.74. The van der Waals surface area contributed by atoms with E-state index >= 15 is 0 Å². The summed E-state index contributed by atoms with van der Waals surface area (Å²) in [6.07, 6.45) is 6.56. The fourth-order valence-electron chi connectivity index (χ4n) is 3.84. The van der Waals surface area contributed by atoms with Crippen molar-refractivity contribution >= 4 is 5.91 Å². The summed E-state index contributed by atoms with van der Waals surface area (Å²) in [7, 11) is 0. The molecule has 1 saturated carbocycles. The van der Waals surface area contributed by atoms with Crippen LogP contribution in [0, 0.1) is 17.2 Å². The Hall–Kier alpha value is -2.17. The van der Waals surface area contributed by atoms with Gasteiger partial charge in [0.2, 0.25) is 5.91 Å². The monoisotopic (exact) mass is 341 g/mol. The van der Waals surface area contributed by atoms with Crippen molar-refractivity contribution in [2.24, 2.45) is 11.3 Å². The zero-order valence-corrected chi connectivity index (χ0v) is 14.8. The van der Waals surface area contributed by atoms with Gasteiger partial charge in [-0.25, -0.2) is 9.07 Å². The van der Waals surface area contributed by atoms with Crippen LogP contribution in [0.5, 0.6) is 0 Å². The summed E-state index contributed by atoms with van der Waals surface area (Å²) in [6, 6.07) is 6.47.